The number of aromatic nitrogens is 2. The average Bonchev–Trinajstić information content (AvgIpc) is 2.48. The third-order valence-corrected chi connectivity index (χ3v) is 4.23. The lowest BCUT2D eigenvalue weighted by Crippen LogP contribution is -2.33. The van der Waals surface area contributed by atoms with Gasteiger partial charge in [0.15, 0.2) is 5.82 Å². The Morgan fingerprint density at radius 3 is 2.67 bits per heavy atom. The van der Waals surface area contributed by atoms with E-state index in [1.807, 2.05) is 20.0 Å². The molecule has 0 saturated heterocycles. The van der Waals surface area contributed by atoms with Crippen LogP contribution in [0.5, 0.6) is 0 Å². The van der Waals surface area contributed by atoms with Crippen molar-refractivity contribution in [3.63, 3.8) is 0 Å². The summed E-state index contributed by atoms with van der Waals surface area (Å²) in [7, 11) is 1.88. The number of hydrogen-bond acceptors (Lipinski definition) is 5. The predicted molar refractivity (Wildman–Crippen MR) is 86.5 cm³/mol. The molecular weight excluding hydrogens is 264 g/mol. The van der Waals surface area contributed by atoms with Gasteiger partial charge in [0.25, 0.3) is 0 Å². The van der Waals surface area contributed by atoms with Gasteiger partial charge in [-0.3, -0.25) is 0 Å². The summed E-state index contributed by atoms with van der Waals surface area (Å²) < 4.78 is 5.42. The second-order valence-corrected chi connectivity index (χ2v) is 6.09. The Labute approximate surface area is 127 Å². The van der Waals surface area contributed by atoms with Crippen LogP contribution in [0.4, 0.5) is 11.6 Å². The van der Waals surface area contributed by atoms with Crippen LogP contribution in [0.25, 0.3) is 0 Å². The van der Waals surface area contributed by atoms with Gasteiger partial charge in [-0.1, -0.05) is 13.8 Å². The zero-order valence-electron chi connectivity index (χ0n) is 13.6. The summed E-state index contributed by atoms with van der Waals surface area (Å²) in [6.07, 6.45) is 3.78. The van der Waals surface area contributed by atoms with Crippen LogP contribution in [0.3, 0.4) is 0 Å². The lowest BCUT2D eigenvalue weighted by molar-refractivity contribution is 0.128. The smallest absolute Gasteiger partial charge is 0.158 e. The summed E-state index contributed by atoms with van der Waals surface area (Å²) in [5, 5.41) is 6.69. The monoisotopic (exact) mass is 292 g/mol. The molecule has 1 heterocycles. The van der Waals surface area contributed by atoms with Crippen molar-refractivity contribution in [3.05, 3.63) is 11.9 Å². The average molecular weight is 292 g/mol. The number of nitrogens with one attached hydrogen (secondary N) is 2. The molecular formula is C16H28N4O. The first-order chi connectivity index (χ1) is 10.1. The van der Waals surface area contributed by atoms with E-state index in [0.29, 0.717) is 25.2 Å². The second-order valence-electron chi connectivity index (χ2n) is 6.09. The Morgan fingerprint density at radius 1 is 1.24 bits per heavy atom. The fourth-order valence-electron chi connectivity index (χ4n) is 3.03. The molecule has 0 amide bonds. The van der Waals surface area contributed by atoms with Crippen LogP contribution in [0, 0.1) is 11.8 Å². The number of rotatable bonds is 6. The number of hydrogen-bond donors (Lipinski definition) is 2. The van der Waals surface area contributed by atoms with Crippen molar-refractivity contribution in [2.24, 2.45) is 11.8 Å². The molecule has 1 saturated carbocycles. The molecule has 1 fully saturated rings. The van der Waals surface area contributed by atoms with Gasteiger partial charge in [-0.05, 0) is 38.0 Å². The van der Waals surface area contributed by atoms with E-state index in [4.69, 9.17) is 4.74 Å². The first-order valence-electron chi connectivity index (χ1n) is 8.02. The lowest BCUT2D eigenvalue weighted by atomic mass is 9.80. The minimum atomic E-state index is 0.456. The van der Waals surface area contributed by atoms with Crippen LogP contribution in [-0.4, -0.2) is 29.7 Å². The molecule has 1 aromatic rings. The van der Waals surface area contributed by atoms with Crippen molar-refractivity contribution in [3.8, 4) is 0 Å². The van der Waals surface area contributed by atoms with Gasteiger partial charge in [0.1, 0.15) is 18.2 Å². The van der Waals surface area contributed by atoms with Gasteiger partial charge in [-0.15, -0.1) is 0 Å². The molecule has 3 atom stereocenters. The molecule has 118 valence electrons. The van der Waals surface area contributed by atoms with Gasteiger partial charge < -0.3 is 15.4 Å². The fraction of sp³-hybridized carbons (Fsp3) is 0.750. The Hall–Kier alpha value is -1.36. The van der Waals surface area contributed by atoms with Gasteiger partial charge in [-0.2, -0.15) is 0 Å². The Kier molecular flexibility index (Phi) is 5.79. The fourth-order valence-corrected chi connectivity index (χ4v) is 3.03. The largest absolute Gasteiger partial charge is 0.374 e. The third-order valence-electron chi connectivity index (χ3n) is 4.23. The Morgan fingerprint density at radius 2 is 2.00 bits per heavy atom. The number of ether oxygens (including phenoxy) is 1. The highest BCUT2D eigenvalue weighted by Crippen LogP contribution is 2.30. The van der Waals surface area contributed by atoms with Crippen LogP contribution in [0.1, 0.15) is 45.9 Å². The van der Waals surface area contributed by atoms with Gasteiger partial charge in [-0.25, -0.2) is 9.97 Å². The second kappa shape index (κ2) is 7.59. The van der Waals surface area contributed by atoms with Crippen LogP contribution in [-0.2, 0) is 11.3 Å². The molecule has 21 heavy (non-hydrogen) atoms. The van der Waals surface area contributed by atoms with E-state index in [1.165, 1.54) is 19.3 Å². The maximum absolute atomic E-state index is 5.42. The number of nitrogens with zero attached hydrogens (tertiary/aromatic N) is 2. The highest BCUT2D eigenvalue weighted by Gasteiger charge is 2.25. The molecule has 0 aliphatic heterocycles. The van der Waals surface area contributed by atoms with Crippen molar-refractivity contribution in [1.82, 2.24) is 9.97 Å². The predicted octanol–water partition coefficient (Wildman–Crippen LogP) is 3.29. The third kappa shape index (κ3) is 4.56. The first-order valence-corrected chi connectivity index (χ1v) is 8.02. The van der Waals surface area contributed by atoms with Crippen molar-refractivity contribution in [2.45, 2.75) is 52.7 Å². The molecule has 5 heteroatoms. The lowest BCUT2D eigenvalue weighted by Gasteiger charge is -2.33. The van der Waals surface area contributed by atoms with E-state index in [1.54, 1.807) is 0 Å². The summed E-state index contributed by atoms with van der Waals surface area (Å²) in [5.41, 5.74) is 0. The summed E-state index contributed by atoms with van der Waals surface area (Å²) >= 11 is 0. The minimum Gasteiger partial charge on any atom is -0.374 e. The van der Waals surface area contributed by atoms with Crippen molar-refractivity contribution in [2.75, 3.05) is 24.3 Å². The molecule has 0 spiro atoms. The van der Waals surface area contributed by atoms with Crippen molar-refractivity contribution >= 4 is 11.6 Å². The number of anilines is 2. The molecule has 1 aromatic heterocycles. The van der Waals surface area contributed by atoms with Crippen LogP contribution < -0.4 is 10.6 Å². The van der Waals surface area contributed by atoms with Gasteiger partial charge in [0, 0.05) is 25.8 Å². The molecule has 3 unspecified atom stereocenters. The first kappa shape index (κ1) is 16.0. The van der Waals surface area contributed by atoms with E-state index in [0.717, 1.165) is 23.4 Å². The quantitative estimate of drug-likeness (QED) is 0.842. The summed E-state index contributed by atoms with van der Waals surface area (Å²) in [6.45, 7) is 7.78. The van der Waals surface area contributed by atoms with Crippen molar-refractivity contribution < 1.29 is 4.74 Å². The van der Waals surface area contributed by atoms with Gasteiger partial charge in [0.05, 0.1) is 0 Å². The Bertz CT molecular complexity index is 452. The van der Waals surface area contributed by atoms with E-state index in [2.05, 4.69) is 34.4 Å². The van der Waals surface area contributed by atoms with Crippen molar-refractivity contribution in [1.29, 1.82) is 0 Å². The zero-order valence-corrected chi connectivity index (χ0v) is 13.6. The maximum atomic E-state index is 5.42. The Balaban J connectivity index is 2.07. The summed E-state index contributed by atoms with van der Waals surface area (Å²) in [4.78, 5) is 9.01. The highest BCUT2D eigenvalue weighted by molar-refractivity contribution is 5.47. The standard InChI is InChI=1S/C16H28N4O/c1-5-21-10-16-19-14(17-4)9-15(20-16)18-13-7-6-11(2)8-12(13)3/h9,11-13H,5-8,10H2,1-4H3,(H2,17,18,19,20). The maximum Gasteiger partial charge on any atom is 0.158 e. The molecule has 1 aliphatic carbocycles. The van der Waals surface area contributed by atoms with Gasteiger partial charge in [0.2, 0.25) is 0 Å². The molecule has 0 bridgehead atoms. The molecule has 2 rings (SSSR count). The summed E-state index contributed by atoms with van der Waals surface area (Å²) in [6, 6.07) is 2.47. The van der Waals surface area contributed by atoms with Crippen LogP contribution >= 0.6 is 0 Å². The van der Waals surface area contributed by atoms with E-state index in [-0.39, 0.29) is 0 Å². The van der Waals surface area contributed by atoms with E-state index < -0.39 is 0 Å². The molecule has 1 aliphatic rings. The molecule has 0 radical (unpaired) electrons. The highest BCUT2D eigenvalue weighted by atomic mass is 16.5. The van der Waals surface area contributed by atoms with Crippen LogP contribution in [0.2, 0.25) is 0 Å². The summed E-state index contributed by atoms with van der Waals surface area (Å²) in [5.74, 6) is 3.97. The van der Waals surface area contributed by atoms with E-state index >= 15 is 0 Å². The SMILES string of the molecule is CCOCc1nc(NC)cc(NC2CCC(C)CC2C)n1. The minimum absolute atomic E-state index is 0.456. The topological polar surface area (TPSA) is 59.1 Å². The van der Waals surface area contributed by atoms with Crippen LogP contribution in [0.15, 0.2) is 6.07 Å². The normalized spacial score (nSPS) is 25.6. The zero-order chi connectivity index (χ0) is 15.2. The van der Waals surface area contributed by atoms with Gasteiger partial charge >= 0.3 is 0 Å². The molecule has 2 N–H and O–H groups in total. The molecule has 5 nitrogen and oxygen atoms in total. The molecule has 0 aromatic carbocycles. The van der Waals surface area contributed by atoms with E-state index in [9.17, 15) is 0 Å².